The van der Waals surface area contributed by atoms with Crippen molar-refractivity contribution in [3.8, 4) is 5.75 Å². The maximum atomic E-state index is 13.5. The van der Waals surface area contributed by atoms with E-state index in [-0.39, 0.29) is 5.91 Å². The van der Waals surface area contributed by atoms with E-state index >= 15 is 0 Å². The van der Waals surface area contributed by atoms with E-state index in [1.54, 1.807) is 24.3 Å². The van der Waals surface area contributed by atoms with E-state index in [1.807, 2.05) is 30.3 Å². The van der Waals surface area contributed by atoms with Gasteiger partial charge in [0.25, 0.3) is 0 Å². The quantitative estimate of drug-likeness (QED) is 0.307. The van der Waals surface area contributed by atoms with Gasteiger partial charge in [-0.05, 0) is 42.3 Å². The first-order chi connectivity index (χ1) is 15.5. The van der Waals surface area contributed by atoms with Gasteiger partial charge in [-0.15, -0.1) is 0 Å². The summed E-state index contributed by atoms with van der Waals surface area (Å²) in [6, 6.07) is 21.5. The van der Waals surface area contributed by atoms with E-state index in [0.29, 0.717) is 29.2 Å². The molecule has 0 radical (unpaired) electrons. The molecule has 3 aromatic carbocycles. The molecule has 32 heavy (non-hydrogen) atoms. The summed E-state index contributed by atoms with van der Waals surface area (Å²) >= 11 is 0. The second-order valence-electron chi connectivity index (χ2n) is 7.50. The van der Waals surface area contributed by atoms with Gasteiger partial charge in [0.2, 0.25) is 5.91 Å². The summed E-state index contributed by atoms with van der Waals surface area (Å²) in [4.78, 5) is 26.3. The number of esters is 1. The lowest BCUT2D eigenvalue weighted by molar-refractivity contribution is -0.131. The fourth-order valence-electron chi connectivity index (χ4n) is 3.87. The van der Waals surface area contributed by atoms with Crippen LogP contribution in [0.2, 0.25) is 0 Å². The number of ether oxygens (including phenoxy) is 1. The van der Waals surface area contributed by atoms with Crippen LogP contribution in [0.25, 0.3) is 0 Å². The van der Waals surface area contributed by atoms with Crippen molar-refractivity contribution < 1.29 is 22.9 Å². The van der Waals surface area contributed by atoms with E-state index in [0.717, 1.165) is 5.56 Å². The zero-order valence-corrected chi connectivity index (χ0v) is 18.3. The second kappa shape index (κ2) is 9.44. The van der Waals surface area contributed by atoms with Gasteiger partial charge in [-0.1, -0.05) is 48.5 Å². The SMILES string of the molecule is CC(=O)Oc1ccccc1C1C(S(=O)CCc2ccccc2)C(=O)N1c1ccc(F)cc1. The number of para-hydroxylation sites is 1. The van der Waals surface area contributed by atoms with Crippen molar-refractivity contribution in [2.24, 2.45) is 0 Å². The lowest BCUT2D eigenvalue weighted by atomic mass is 9.91. The summed E-state index contributed by atoms with van der Waals surface area (Å²) < 4.78 is 32.1. The lowest BCUT2D eigenvalue weighted by Gasteiger charge is -2.47. The zero-order chi connectivity index (χ0) is 22.7. The number of halogens is 1. The van der Waals surface area contributed by atoms with Crippen molar-refractivity contribution in [3.05, 3.63) is 95.8 Å². The molecule has 0 saturated carbocycles. The largest absolute Gasteiger partial charge is 0.426 e. The third-order valence-corrected chi connectivity index (χ3v) is 6.99. The van der Waals surface area contributed by atoms with Gasteiger partial charge in [0.05, 0.1) is 6.04 Å². The van der Waals surface area contributed by atoms with Gasteiger partial charge >= 0.3 is 5.97 Å². The molecule has 0 aliphatic carbocycles. The molecule has 4 rings (SSSR count). The summed E-state index contributed by atoms with van der Waals surface area (Å²) in [5.74, 6) is -0.566. The number of anilines is 1. The molecule has 5 nitrogen and oxygen atoms in total. The van der Waals surface area contributed by atoms with Crippen LogP contribution in [0.1, 0.15) is 24.1 Å². The van der Waals surface area contributed by atoms with E-state index in [9.17, 15) is 18.2 Å². The number of carbonyl (C=O) groups is 2. The average molecular weight is 452 g/mol. The number of amides is 1. The Morgan fingerprint density at radius 1 is 1.00 bits per heavy atom. The third-order valence-electron chi connectivity index (χ3n) is 5.36. The summed E-state index contributed by atoms with van der Waals surface area (Å²) in [7, 11) is -1.46. The highest BCUT2D eigenvalue weighted by Crippen LogP contribution is 2.45. The monoisotopic (exact) mass is 451 g/mol. The molecule has 0 bridgehead atoms. The molecule has 3 unspecified atom stereocenters. The highest BCUT2D eigenvalue weighted by molar-refractivity contribution is 7.86. The maximum Gasteiger partial charge on any atom is 0.308 e. The third kappa shape index (κ3) is 4.48. The standard InChI is InChI=1S/C25H22FNO4S/c1-17(28)31-22-10-6-5-9-21(22)23-24(32(30)16-15-18-7-3-2-4-8-18)25(29)27(23)20-13-11-19(26)12-14-20/h2-14,23-24H,15-16H2,1H3. The van der Waals surface area contributed by atoms with E-state index in [2.05, 4.69) is 0 Å². The van der Waals surface area contributed by atoms with E-state index in [1.165, 1.54) is 36.1 Å². The van der Waals surface area contributed by atoms with Crippen molar-refractivity contribution in [1.29, 1.82) is 0 Å². The number of benzene rings is 3. The molecule has 0 spiro atoms. The van der Waals surface area contributed by atoms with Gasteiger partial charge in [0.15, 0.2) is 0 Å². The summed E-state index contributed by atoms with van der Waals surface area (Å²) in [5.41, 5.74) is 2.12. The predicted octanol–water partition coefficient (Wildman–Crippen LogP) is 4.20. The van der Waals surface area contributed by atoms with Crippen LogP contribution in [0.4, 0.5) is 10.1 Å². The zero-order valence-electron chi connectivity index (χ0n) is 17.4. The molecule has 3 atom stereocenters. The number of aryl methyl sites for hydroxylation is 1. The fraction of sp³-hybridized carbons (Fsp3) is 0.200. The van der Waals surface area contributed by atoms with Crippen LogP contribution >= 0.6 is 0 Å². The van der Waals surface area contributed by atoms with Crippen molar-refractivity contribution in [2.45, 2.75) is 24.6 Å². The van der Waals surface area contributed by atoms with E-state index < -0.39 is 33.9 Å². The molecule has 0 aromatic heterocycles. The van der Waals surface area contributed by atoms with Crippen LogP contribution in [0.3, 0.4) is 0 Å². The highest BCUT2D eigenvalue weighted by atomic mass is 32.2. The first kappa shape index (κ1) is 21.9. The van der Waals surface area contributed by atoms with E-state index in [4.69, 9.17) is 4.74 Å². The Morgan fingerprint density at radius 3 is 2.34 bits per heavy atom. The van der Waals surface area contributed by atoms with Crippen LogP contribution in [-0.2, 0) is 26.8 Å². The van der Waals surface area contributed by atoms with Gasteiger partial charge in [0.1, 0.15) is 16.8 Å². The van der Waals surface area contributed by atoms with Gasteiger partial charge in [-0.25, -0.2) is 4.39 Å². The smallest absolute Gasteiger partial charge is 0.308 e. The van der Waals surface area contributed by atoms with Gasteiger partial charge in [-0.3, -0.25) is 13.8 Å². The number of β-lactam (4-membered cyclic amide) rings is 1. The first-order valence-electron chi connectivity index (χ1n) is 10.2. The summed E-state index contributed by atoms with van der Waals surface area (Å²) in [6.45, 7) is 1.30. The summed E-state index contributed by atoms with van der Waals surface area (Å²) in [5, 5.41) is -0.791. The van der Waals surface area contributed by atoms with Crippen LogP contribution in [-0.4, -0.2) is 27.1 Å². The molecule has 1 heterocycles. The van der Waals surface area contributed by atoms with Crippen molar-refractivity contribution in [3.63, 3.8) is 0 Å². The molecule has 1 aliphatic rings. The molecule has 0 N–H and O–H groups in total. The van der Waals surface area contributed by atoms with Crippen LogP contribution in [0.5, 0.6) is 5.75 Å². The van der Waals surface area contributed by atoms with Crippen molar-refractivity contribution in [2.75, 3.05) is 10.7 Å². The second-order valence-corrected chi connectivity index (χ2v) is 9.18. The minimum atomic E-state index is -1.46. The number of nitrogens with zero attached hydrogens (tertiary/aromatic N) is 1. The van der Waals surface area contributed by atoms with Crippen LogP contribution in [0, 0.1) is 5.82 Å². The average Bonchev–Trinajstić information content (AvgIpc) is 2.78. The topological polar surface area (TPSA) is 63.7 Å². The van der Waals surface area contributed by atoms with Crippen LogP contribution in [0.15, 0.2) is 78.9 Å². The molecule has 1 saturated heterocycles. The number of hydrogen-bond acceptors (Lipinski definition) is 4. The molecule has 1 fully saturated rings. The Balaban J connectivity index is 1.66. The van der Waals surface area contributed by atoms with Crippen molar-refractivity contribution in [1.82, 2.24) is 0 Å². The van der Waals surface area contributed by atoms with Crippen molar-refractivity contribution >= 4 is 28.4 Å². The lowest BCUT2D eigenvalue weighted by Crippen LogP contribution is -2.61. The van der Waals surface area contributed by atoms with Crippen LogP contribution < -0.4 is 9.64 Å². The van der Waals surface area contributed by atoms with Gasteiger partial charge in [-0.2, -0.15) is 0 Å². The predicted molar refractivity (Wildman–Crippen MR) is 121 cm³/mol. The molecule has 3 aromatic rings. The number of hydrogen-bond donors (Lipinski definition) is 0. The molecule has 164 valence electrons. The number of rotatable bonds is 7. The van der Waals surface area contributed by atoms with Gasteiger partial charge < -0.3 is 9.64 Å². The maximum absolute atomic E-state index is 13.5. The Hall–Kier alpha value is -3.32. The Morgan fingerprint density at radius 2 is 1.66 bits per heavy atom. The Kier molecular flexibility index (Phi) is 6.46. The fourth-order valence-corrected chi connectivity index (χ4v) is 5.46. The molecular weight excluding hydrogens is 429 g/mol. The molecular formula is C25H22FNO4S. The first-order valence-corrected chi connectivity index (χ1v) is 11.6. The molecule has 1 amide bonds. The molecule has 7 heteroatoms. The highest BCUT2D eigenvalue weighted by Gasteiger charge is 2.53. The number of carbonyl (C=O) groups excluding carboxylic acids is 2. The van der Waals surface area contributed by atoms with Gasteiger partial charge in [0, 0.05) is 34.7 Å². The minimum Gasteiger partial charge on any atom is -0.426 e. The summed E-state index contributed by atoms with van der Waals surface area (Å²) in [6.07, 6.45) is 0.575. The Bertz CT molecular complexity index is 1150. The normalized spacial score (nSPS) is 18.7. The Labute approximate surface area is 188 Å². The molecule has 1 aliphatic heterocycles. The minimum absolute atomic E-state index is 0.300.